The van der Waals surface area contributed by atoms with Crippen LogP contribution in [0.3, 0.4) is 0 Å². The molecule has 0 aromatic carbocycles. The zero-order chi connectivity index (χ0) is 13.0. The van der Waals surface area contributed by atoms with Crippen LogP contribution in [0, 0.1) is 12.8 Å². The van der Waals surface area contributed by atoms with Crippen LogP contribution in [-0.4, -0.2) is 23.2 Å². The van der Waals surface area contributed by atoms with Gasteiger partial charge in [-0.15, -0.1) is 0 Å². The van der Waals surface area contributed by atoms with E-state index in [1.165, 1.54) is 31.2 Å². The van der Waals surface area contributed by atoms with Gasteiger partial charge in [0.2, 0.25) is 0 Å². The summed E-state index contributed by atoms with van der Waals surface area (Å²) >= 11 is 0. The topological polar surface area (TPSA) is 36.4 Å². The molecule has 1 N–H and O–H groups in total. The number of hydrogen-bond donors (Lipinski definition) is 1. The maximum absolute atomic E-state index is 9.12. The van der Waals surface area contributed by atoms with E-state index in [1.807, 2.05) is 6.07 Å². The smallest absolute Gasteiger partial charge is 0.131 e. The molecule has 0 radical (unpaired) electrons. The van der Waals surface area contributed by atoms with Crippen LogP contribution < -0.4 is 4.90 Å². The highest BCUT2D eigenvalue weighted by atomic mass is 16.3. The largest absolute Gasteiger partial charge is 0.392 e. The van der Waals surface area contributed by atoms with Gasteiger partial charge < -0.3 is 10.0 Å². The van der Waals surface area contributed by atoms with Crippen molar-refractivity contribution < 1.29 is 5.11 Å². The molecule has 1 aliphatic heterocycles. The third-order valence-electron chi connectivity index (χ3n) is 4.01. The Hall–Kier alpha value is -1.09. The summed E-state index contributed by atoms with van der Waals surface area (Å²) in [5.74, 6) is 1.98. The Balaban J connectivity index is 2.11. The van der Waals surface area contributed by atoms with Crippen LogP contribution in [0.4, 0.5) is 5.82 Å². The number of anilines is 1. The van der Waals surface area contributed by atoms with Crippen LogP contribution >= 0.6 is 0 Å². The molecule has 1 aromatic rings. The Bertz CT molecular complexity index is 392. The maximum Gasteiger partial charge on any atom is 0.131 e. The summed E-state index contributed by atoms with van der Waals surface area (Å²) in [6.45, 7) is 6.68. The van der Waals surface area contributed by atoms with Gasteiger partial charge in [-0.3, -0.25) is 0 Å². The van der Waals surface area contributed by atoms with Gasteiger partial charge in [-0.1, -0.05) is 13.3 Å². The average Bonchev–Trinajstić information content (AvgIpc) is 2.63. The first-order valence-corrected chi connectivity index (χ1v) is 7.06. The number of pyridine rings is 1. The molecule has 18 heavy (non-hydrogen) atoms. The van der Waals surface area contributed by atoms with Gasteiger partial charge in [-0.05, 0) is 49.3 Å². The predicted octanol–water partition coefficient (Wildman–Crippen LogP) is 2.90. The molecular weight excluding hydrogens is 224 g/mol. The van der Waals surface area contributed by atoms with E-state index in [1.54, 1.807) is 6.20 Å². The third-order valence-corrected chi connectivity index (χ3v) is 4.01. The van der Waals surface area contributed by atoms with Crippen LogP contribution in [0.15, 0.2) is 12.3 Å². The van der Waals surface area contributed by atoms with E-state index in [9.17, 15) is 0 Å². The summed E-state index contributed by atoms with van der Waals surface area (Å²) in [4.78, 5) is 6.94. The van der Waals surface area contributed by atoms with Gasteiger partial charge in [0.25, 0.3) is 0 Å². The standard InChI is InChI=1S/C15H24N2O/c1-3-13-5-4-7-17(8-6-13)15-12(2)9-14(11-18)10-16-15/h9-10,13,18H,3-8,11H2,1-2H3. The fraction of sp³-hybridized carbons (Fsp3) is 0.667. The SMILES string of the molecule is CCC1CCCN(c2ncc(CO)cc2C)CC1. The molecule has 2 heterocycles. The lowest BCUT2D eigenvalue weighted by molar-refractivity contribution is 0.281. The molecular formula is C15H24N2O. The highest BCUT2D eigenvalue weighted by molar-refractivity contribution is 5.47. The number of aryl methyl sites for hydroxylation is 1. The zero-order valence-electron chi connectivity index (χ0n) is 11.5. The molecule has 1 atom stereocenters. The molecule has 1 unspecified atom stereocenters. The summed E-state index contributed by atoms with van der Waals surface area (Å²) < 4.78 is 0. The van der Waals surface area contributed by atoms with E-state index >= 15 is 0 Å². The summed E-state index contributed by atoms with van der Waals surface area (Å²) in [6, 6.07) is 2.05. The highest BCUT2D eigenvalue weighted by Gasteiger charge is 2.18. The van der Waals surface area contributed by atoms with E-state index < -0.39 is 0 Å². The van der Waals surface area contributed by atoms with E-state index in [2.05, 4.69) is 23.7 Å². The van der Waals surface area contributed by atoms with Crippen LogP contribution in [-0.2, 0) is 6.61 Å². The first-order chi connectivity index (χ1) is 8.74. The fourth-order valence-electron chi connectivity index (χ4n) is 2.83. The lowest BCUT2D eigenvalue weighted by atomic mass is 9.98. The van der Waals surface area contributed by atoms with Crippen molar-refractivity contribution in [3.8, 4) is 0 Å². The second-order valence-corrected chi connectivity index (χ2v) is 5.33. The summed E-state index contributed by atoms with van der Waals surface area (Å²) in [6.07, 6.45) is 6.98. The number of aliphatic hydroxyl groups is 1. The molecule has 0 saturated carbocycles. The minimum absolute atomic E-state index is 0.0754. The van der Waals surface area contributed by atoms with Gasteiger partial charge in [0.05, 0.1) is 6.61 Å². The van der Waals surface area contributed by atoms with Crippen molar-refractivity contribution in [2.75, 3.05) is 18.0 Å². The average molecular weight is 248 g/mol. The molecule has 0 aliphatic carbocycles. The van der Waals surface area contributed by atoms with E-state index in [4.69, 9.17) is 5.11 Å². The number of rotatable bonds is 3. The minimum Gasteiger partial charge on any atom is -0.392 e. The van der Waals surface area contributed by atoms with Crippen LogP contribution in [0.25, 0.3) is 0 Å². The molecule has 0 spiro atoms. The first kappa shape index (κ1) is 13.3. The van der Waals surface area contributed by atoms with Gasteiger partial charge in [0.15, 0.2) is 0 Å². The van der Waals surface area contributed by atoms with E-state index in [0.29, 0.717) is 0 Å². The highest BCUT2D eigenvalue weighted by Crippen LogP contribution is 2.25. The Kier molecular flexibility index (Phi) is 4.59. The lowest BCUT2D eigenvalue weighted by Gasteiger charge is -2.23. The van der Waals surface area contributed by atoms with Crippen molar-refractivity contribution in [1.82, 2.24) is 4.98 Å². The number of aromatic nitrogens is 1. The molecule has 1 aromatic heterocycles. The van der Waals surface area contributed by atoms with Crippen molar-refractivity contribution in [2.24, 2.45) is 5.92 Å². The van der Waals surface area contributed by atoms with Crippen molar-refractivity contribution in [1.29, 1.82) is 0 Å². The normalized spacial score (nSPS) is 20.8. The van der Waals surface area contributed by atoms with Crippen LogP contribution in [0.2, 0.25) is 0 Å². The van der Waals surface area contributed by atoms with Crippen molar-refractivity contribution in [3.05, 3.63) is 23.4 Å². The van der Waals surface area contributed by atoms with E-state index in [-0.39, 0.29) is 6.61 Å². The Morgan fingerprint density at radius 3 is 2.89 bits per heavy atom. The Labute approximate surface area is 110 Å². The molecule has 0 amide bonds. The predicted molar refractivity (Wildman–Crippen MR) is 74.7 cm³/mol. The number of aliphatic hydroxyl groups excluding tert-OH is 1. The zero-order valence-corrected chi connectivity index (χ0v) is 11.5. The fourth-order valence-corrected chi connectivity index (χ4v) is 2.83. The molecule has 1 fully saturated rings. The van der Waals surface area contributed by atoms with Crippen molar-refractivity contribution in [3.63, 3.8) is 0 Å². The first-order valence-electron chi connectivity index (χ1n) is 7.06. The van der Waals surface area contributed by atoms with Gasteiger partial charge in [-0.2, -0.15) is 0 Å². The van der Waals surface area contributed by atoms with Crippen LogP contribution in [0.1, 0.15) is 43.7 Å². The lowest BCUT2D eigenvalue weighted by Crippen LogP contribution is -2.26. The maximum atomic E-state index is 9.12. The van der Waals surface area contributed by atoms with Crippen LogP contribution in [0.5, 0.6) is 0 Å². The molecule has 1 aliphatic rings. The second kappa shape index (κ2) is 6.19. The number of hydrogen-bond acceptors (Lipinski definition) is 3. The summed E-state index contributed by atoms with van der Waals surface area (Å²) in [5, 5.41) is 9.12. The minimum atomic E-state index is 0.0754. The van der Waals surface area contributed by atoms with Gasteiger partial charge in [0, 0.05) is 19.3 Å². The molecule has 1 saturated heterocycles. The second-order valence-electron chi connectivity index (χ2n) is 5.33. The Morgan fingerprint density at radius 2 is 2.22 bits per heavy atom. The molecule has 0 bridgehead atoms. The van der Waals surface area contributed by atoms with Gasteiger partial charge >= 0.3 is 0 Å². The van der Waals surface area contributed by atoms with Gasteiger partial charge in [-0.25, -0.2) is 4.98 Å². The monoisotopic (exact) mass is 248 g/mol. The summed E-state index contributed by atoms with van der Waals surface area (Å²) in [7, 11) is 0. The molecule has 2 rings (SSSR count). The Morgan fingerprint density at radius 1 is 1.39 bits per heavy atom. The molecule has 3 heteroatoms. The quantitative estimate of drug-likeness (QED) is 0.893. The van der Waals surface area contributed by atoms with Crippen molar-refractivity contribution in [2.45, 2.75) is 46.1 Å². The third kappa shape index (κ3) is 3.02. The number of nitrogens with zero attached hydrogens (tertiary/aromatic N) is 2. The van der Waals surface area contributed by atoms with Crippen molar-refractivity contribution >= 4 is 5.82 Å². The van der Waals surface area contributed by atoms with Gasteiger partial charge in [0.1, 0.15) is 5.82 Å². The molecule has 3 nitrogen and oxygen atoms in total. The summed E-state index contributed by atoms with van der Waals surface area (Å²) in [5.41, 5.74) is 2.08. The molecule has 100 valence electrons. The van der Waals surface area contributed by atoms with E-state index in [0.717, 1.165) is 30.4 Å².